The number of ether oxygens (including phenoxy) is 2. The summed E-state index contributed by atoms with van der Waals surface area (Å²) in [5.41, 5.74) is 0.309. The van der Waals surface area contributed by atoms with E-state index in [-0.39, 0.29) is 0 Å². The van der Waals surface area contributed by atoms with Crippen molar-refractivity contribution in [2.75, 3.05) is 52.5 Å². The molecule has 2 aliphatic rings. The molecule has 0 aromatic rings. The molecule has 0 radical (unpaired) electrons. The van der Waals surface area contributed by atoms with E-state index in [1.54, 1.807) is 0 Å². The van der Waals surface area contributed by atoms with Crippen LogP contribution in [0.1, 0.15) is 39.5 Å². The lowest BCUT2D eigenvalue weighted by Crippen LogP contribution is -2.46. The zero-order chi connectivity index (χ0) is 14.3. The van der Waals surface area contributed by atoms with Gasteiger partial charge in [0.1, 0.15) is 0 Å². The standard InChI is InChI=1S/C16H32N2O2/c1-3-8-17-12-16(7-10-19-14-16)13-18(4-2)11-15-6-5-9-20-15/h15,17H,3-14H2,1-2H3. The van der Waals surface area contributed by atoms with Gasteiger partial charge in [-0.2, -0.15) is 0 Å². The summed E-state index contributed by atoms with van der Waals surface area (Å²) in [5, 5.41) is 3.60. The topological polar surface area (TPSA) is 33.7 Å². The van der Waals surface area contributed by atoms with E-state index in [0.29, 0.717) is 11.5 Å². The maximum Gasteiger partial charge on any atom is 0.0702 e. The Balaban J connectivity index is 1.84. The Morgan fingerprint density at radius 1 is 1.30 bits per heavy atom. The van der Waals surface area contributed by atoms with Gasteiger partial charge < -0.3 is 19.7 Å². The SMILES string of the molecule is CCCNCC1(CN(CC)CC2CCCO2)CCOC1. The smallest absolute Gasteiger partial charge is 0.0702 e. The molecule has 0 saturated carbocycles. The van der Waals surface area contributed by atoms with Gasteiger partial charge in [0, 0.05) is 38.3 Å². The molecule has 0 bridgehead atoms. The average molecular weight is 284 g/mol. The van der Waals surface area contributed by atoms with Gasteiger partial charge in [0.2, 0.25) is 0 Å². The quantitative estimate of drug-likeness (QED) is 0.656. The third-order valence-electron chi connectivity index (χ3n) is 4.60. The van der Waals surface area contributed by atoms with Crippen molar-refractivity contribution in [3.05, 3.63) is 0 Å². The van der Waals surface area contributed by atoms with Crippen LogP contribution in [-0.4, -0.2) is 63.5 Å². The molecule has 2 atom stereocenters. The molecular formula is C16H32N2O2. The molecule has 118 valence electrons. The highest BCUT2D eigenvalue weighted by Gasteiger charge is 2.36. The Morgan fingerprint density at radius 3 is 2.80 bits per heavy atom. The molecule has 2 unspecified atom stereocenters. The summed E-state index contributed by atoms with van der Waals surface area (Å²) < 4.78 is 11.5. The number of nitrogens with one attached hydrogen (secondary N) is 1. The van der Waals surface area contributed by atoms with Gasteiger partial charge in [-0.3, -0.25) is 0 Å². The summed E-state index contributed by atoms with van der Waals surface area (Å²) in [5.74, 6) is 0. The lowest BCUT2D eigenvalue weighted by Gasteiger charge is -2.35. The summed E-state index contributed by atoms with van der Waals surface area (Å²) in [4.78, 5) is 2.57. The fraction of sp³-hybridized carbons (Fsp3) is 1.00. The molecule has 0 aromatic heterocycles. The lowest BCUT2D eigenvalue weighted by molar-refractivity contribution is 0.0507. The number of likely N-dealkylation sites (N-methyl/N-ethyl adjacent to an activating group) is 1. The average Bonchev–Trinajstić information content (AvgIpc) is 3.11. The molecule has 2 aliphatic heterocycles. The van der Waals surface area contributed by atoms with Crippen LogP contribution in [0.25, 0.3) is 0 Å². The number of nitrogens with zero attached hydrogens (tertiary/aromatic N) is 1. The van der Waals surface area contributed by atoms with Gasteiger partial charge in [0.15, 0.2) is 0 Å². The molecule has 2 saturated heterocycles. The number of rotatable bonds is 9. The fourth-order valence-corrected chi connectivity index (χ4v) is 3.36. The minimum Gasteiger partial charge on any atom is -0.381 e. The minimum atomic E-state index is 0.309. The van der Waals surface area contributed by atoms with E-state index in [2.05, 4.69) is 24.1 Å². The molecular weight excluding hydrogens is 252 g/mol. The normalized spacial score (nSPS) is 30.4. The second kappa shape index (κ2) is 8.32. The van der Waals surface area contributed by atoms with E-state index in [9.17, 15) is 0 Å². The van der Waals surface area contributed by atoms with Gasteiger partial charge >= 0.3 is 0 Å². The first-order chi connectivity index (χ1) is 9.78. The molecule has 2 fully saturated rings. The van der Waals surface area contributed by atoms with E-state index in [0.717, 1.165) is 52.5 Å². The minimum absolute atomic E-state index is 0.309. The van der Waals surface area contributed by atoms with Crippen LogP contribution in [-0.2, 0) is 9.47 Å². The van der Waals surface area contributed by atoms with Crippen molar-refractivity contribution in [3.63, 3.8) is 0 Å². The van der Waals surface area contributed by atoms with Gasteiger partial charge in [-0.15, -0.1) is 0 Å². The van der Waals surface area contributed by atoms with E-state index in [1.807, 2.05) is 0 Å². The van der Waals surface area contributed by atoms with Gasteiger partial charge in [0.05, 0.1) is 12.7 Å². The van der Waals surface area contributed by atoms with Gasteiger partial charge in [-0.05, 0) is 38.8 Å². The predicted molar refractivity (Wildman–Crippen MR) is 82.1 cm³/mol. The van der Waals surface area contributed by atoms with Gasteiger partial charge in [-0.25, -0.2) is 0 Å². The Kier molecular flexibility index (Phi) is 6.75. The van der Waals surface area contributed by atoms with Crippen molar-refractivity contribution in [1.82, 2.24) is 10.2 Å². The van der Waals surface area contributed by atoms with Crippen molar-refractivity contribution in [2.45, 2.75) is 45.6 Å². The first-order valence-electron chi connectivity index (χ1n) is 8.40. The molecule has 0 aliphatic carbocycles. The molecule has 0 amide bonds. The molecule has 0 aromatic carbocycles. The predicted octanol–water partition coefficient (Wildman–Crippen LogP) is 1.89. The maximum absolute atomic E-state index is 5.79. The second-order valence-electron chi connectivity index (χ2n) is 6.44. The Bertz CT molecular complexity index is 261. The number of hydrogen-bond acceptors (Lipinski definition) is 4. The monoisotopic (exact) mass is 284 g/mol. The molecule has 1 N–H and O–H groups in total. The third kappa shape index (κ3) is 4.69. The highest BCUT2D eigenvalue weighted by molar-refractivity contribution is 4.89. The summed E-state index contributed by atoms with van der Waals surface area (Å²) in [7, 11) is 0. The molecule has 2 rings (SSSR count). The second-order valence-corrected chi connectivity index (χ2v) is 6.44. The first kappa shape index (κ1) is 16.2. The first-order valence-corrected chi connectivity index (χ1v) is 8.40. The van der Waals surface area contributed by atoms with Gasteiger partial charge in [-0.1, -0.05) is 13.8 Å². The van der Waals surface area contributed by atoms with Crippen molar-refractivity contribution < 1.29 is 9.47 Å². The van der Waals surface area contributed by atoms with Crippen LogP contribution in [0.15, 0.2) is 0 Å². The molecule has 20 heavy (non-hydrogen) atoms. The molecule has 0 spiro atoms. The van der Waals surface area contributed by atoms with Crippen LogP contribution in [0.4, 0.5) is 0 Å². The van der Waals surface area contributed by atoms with Crippen LogP contribution in [0.3, 0.4) is 0 Å². The number of hydrogen-bond donors (Lipinski definition) is 1. The van der Waals surface area contributed by atoms with E-state index in [1.165, 1.54) is 25.7 Å². The summed E-state index contributed by atoms with van der Waals surface area (Å²) in [6.45, 7) is 12.8. The highest BCUT2D eigenvalue weighted by Crippen LogP contribution is 2.29. The highest BCUT2D eigenvalue weighted by atomic mass is 16.5. The van der Waals surface area contributed by atoms with E-state index in [4.69, 9.17) is 9.47 Å². The summed E-state index contributed by atoms with van der Waals surface area (Å²) in [6.07, 6.45) is 5.30. The Morgan fingerprint density at radius 2 is 2.20 bits per heavy atom. The zero-order valence-electron chi connectivity index (χ0n) is 13.3. The molecule has 4 nitrogen and oxygen atoms in total. The summed E-state index contributed by atoms with van der Waals surface area (Å²) in [6, 6.07) is 0. The van der Waals surface area contributed by atoms with E-state index >= 15 is 0 Å². The zero-order valence-corrected chi connectivity index (χ0v) is 13.3. The van der Waals surface area contributed by atoms with Crippen molar-refractivity contribution in [2.24, 2.45) is 5.41 Å². The summed E-state index contributed by atoms with van der Waals surface area (Å²) >= 11 is 0. The van der Waals surface area contributed by atoms with Gasteiger partial charge in [0.25, 0.3) is 0 Å². The molecule has 2 heterocycles. The maximum atomic E-state index is 5.79. The third-order valence-corrected chi connectivity index (χ3v) is 4.60. The largest absolute Gasteiger partial charge is 0.381 e. The fourth-order valence-electron chi connectivity index (χ4n) is 3.36. The van der Waals surface area contributed by atoms with Crippen molar-refractivity contribution in [1.29, 1.82) is 0 Å². The van der Waals surface area contributed by atoms with Crippen molar-refractivity contribution >= 4 is 0 Å². The van der Waals surface area contributed by atoms with Crippen LogP contribution in [0.5, 0.6) is 0 Å². The van der Waals surface area contributed by atoms with Crippen LogP contribution in [0, 0.1) is 5.41 Å². The van der Waals surface area contributed by atoms with Crippen molar-refractivity contribution in [3.8, 4) is 0 Å². The molecule has 4 heteroatoms. The Hall–Kier alpha value is -0.160. The van der Waals surface area contributed by atoms with E-state index < -0.39 is 0 Å². The van der Waals surface area contributed by atoms with Crippen LogP contribution < -0.4 is 5.32 Å². The van der Waals surface area contributed by atoms with Crippen LogP contribution in [0.2, 0.25) is 0 Å². The van der Waals surface area contributed by atoms with Crippen LogP contribution >= 0.6 is 0 Å². The Labute approximate surface area is 124 Å². The lowest BCUT2D eigenvalue weighted by atomic mass is 9.86.